The highest BCUT2D eigenvalue weighted by molar-refractivity contribution is 6.18. The minimum atomic E-state index is 0.134. The molecule has 0 aliphatic rings. The van der Waals surface area contributed by atoms with Gasteiger partial charge >= 0.3 is 0 Å². The molecule has 0 spiro atoms. The maximum Gasteiger partial charge on any atom is 0.120 e. The number of benzene rings is 2. The lowest BCUT2D eigenvalue weighted by atomic mass is 9.57. The molecule has 21 heavy (non-hydrogen) atoms. The SMILES string of the molecule is BC(CCCCCCC)(c1ccccc1)c1ccccc1. The van der Waals surface area contributed by atoms with E-state index in [9.17, 15) is 0 Å². The summed E-state index contributed by atoms with van der Waals surface area (Å²) in [6.45, 7) is 2.28. The Morgan fingerprint density at radius 3 is 1.67 bits per heavy atom. The number of rotatable bonds is 8. The second-order valence-corrected chi connectivity index (χ2v) is 6.23. The van der Waals surface area contributed by atoms with Gasteiger partial charge < -0.3 is 0 Å². The van der Waals surface area contributed by atoms with Gasteiger partial charge in [0.1, 0.15) is 7.85 Å². The van der Waals surface area contributed by atoms with Gasteiger partial charge in [-0.1, -0.05) is 99.7 Å². The molecule has 2 aromatic rings. The van der Waals surface area contributed by atoms with Gasteiger partial charge in [-0.05, 0) is 22.9 Å². The third-order valence-corrected chi connectivity index (χ3v) is 4.60. The molecule has 0 unspecified atom stereocenters. The van der Waals surface area contributed by atoms with E-state index in [1.807, 2.05) is 0 Å². The zero-order valence-corrected chi connectivity index (χ0v) is 13.5. The third-order valence-electron chi connectivity index (χ3n) is 4.60. The average Bonchev–Trinajstić information content (AvgIpc) is 2.56. The van der Waals surface area contributed by atoms with E-state index in [4.69, 9.17) is 0 Å². The molecule has 0 nitrogen and oxygen atoms in total. The topological polar surface area (TPSA) is 0 Å². The summed E-state index contributed by atoms with van der Waals surface area (Å²) in [5.74, 6) is 0. The van der Waals surface area contributed by atoms with Crippen molar-refractivity contribution in [2.24, 2.45) is 0 Å². The van der Waals surface area contributed by atoms with Gasteiger partial charge in [0.15, 0.2) is 0 Å². The van der Waals surface area contributed by atoms with E-state index in [0.717, 1.165) is 0 Å². The fourth-order valence-corrected chi connectivity index (χ4v) is 3.15. The van der Waals surface area contributed by atoms with Crippen LogP contribution in [0.15, 0.2) is 60.7 Å². The Morgan fingerprint density at radius 1 is 0.714 bits per heavy atom. The quantitative estimate of drug-likeness (QED) is 0.474. The highest BCUT2D eigenvalue weighted by Crippen LogP contribution is 2.34. The van der Waals surface area contributed by atoms with Gasteiger partial charge in [-0.2, -0.15) is 0 Å². The molecule has 0 aromatic heterocycles. The molecule has 0 saturated heterocycles. The largest absolute Gasteiger partial charge is 0.120 e. The molecule has 0 N–H and O–H groups in total. The number of unbranched alkanes of at least 4 members (excludes halogenated alkanes) is 4. The highest BCUT2D eigenvalue weighted by Gasteiger charge is 2.27. The van der Waals surface area contributed by atoms with E-state index in [-0.39, 0.29) is 5.31 Å². The van der Waals surface area contributed by atoms with Crippen LogP contribution in [0.2, 0.25) is 0 Å². The maximum atomic E-state index is 2.40. The van der Waals surface area contributed by atoms with Crippen molar-refractivity contribution in [3.8, 4) is 0 Å². The Balaban J connectivity index is 2.15. The van der Waals surface area contributed by atoms with Gasteiger partial charge in [0.2, 0.25) is 0 Å². The summed E-state index contributed by atoms with van der Waals surface area (Å²) in [5.41, 5.74) is 2.87. The van der Waals surface area contributed by atoms with E-state index in [1.54, 1.807) is 0 Å². The van der Waals surface area contributed by atoms with Crippen LogP contribution in [0.3, 0.4) is 0 Å². The molecule has 0 amide bonds. The van der Waals surface area contributed by atoms with Crippen LogP contribution in [0.5, 0.6) is 0 Å². The Bertz CT molecular complexity index is 464. The van der Waals surface area contributed by atoms with Crippen molar-refractivity contribution in [3.63, 3.8) is 0 Å². The Hall–Kier alpha value is -1.50. The summed E-state index contributed by atoms with van der Waals surface area (Å²) < 4.78 is 0. The summed E-state index contributed by atoms with van der Waals surface area (Å²) in [6, 6.07) is 22.0. The summed E-state index contributed by atoms with van der Waals surface area (Å²) in [6.07, 6.45) is 7.94. The van der Waals surface area contributed by atoms with Gasteiger partial charge in [0, 0.05) is 0 Å². The first kappa shape index (κ1) is 15.9. The minimum absolute atomic E-state index is 0.134. The van der Waals surface area contributed by atoms with Crippen LogP contribution in [0, 0.1) is 0 Å². The van der Waals surface area contributed by atoms with Crippen LogP contribution in [0.25, 0.3) is 0 Å². The van der Waals surface area contributed by atoms with Gasteiger partial charge in [0.05, 0.1) is 0 Å². The normalized spacial score (nSPS) is 11.5. The molecule has 1 heteroatoms. The first-order chi connectivity index (χ1) is 10.3. The molecule has 0 aliphatic carbocycles. The van der Waals surface area contributed by atoms with Crippen molar-refractivity contribution in [3.05, 3.63) is 71.8 Å². The number of hydrogen-bond acceptors (Lipinski definition) is 0. The molecule has 0 aliphatic heterocycles. The molecular formula is C20H27B. The predicted molar refractivity (Wildman–Crippen MR) is 95.6 cm³/mol. The zero-order chi connectivity index (χ0) is 15.0. The molecular weight excluding hydrogens is 251 g/mol. The zero-order valence-electron chi connectivity index (χ0n) is 13.5. The van der Waals surface area contributed by atoms with Crippen LogP contribution in [-0.2, 0) is 5.31 Å². The second kappa shape index (κ2) is 8.07. The highest BCUT2D eigenvalue weighted by atomic mass is 14.3. The van der Waals surface area contributed by atoms with Gasteiger partial charge in [-0.3, -0.25) is 0 Å². The number of hydrogen-bond donors (Lipinski definition) is 0. The van der Waals surface area contributed by atoms with Crippen molar-refractivity contribution in [1.29, 1.82) is 0 Å². The second-order valence-electron chi connectivity index (χ2n) is 6.23. The third kappa shape index (κ3) is 4.23. The Kier molecular flexibility index (Phi) is 6.11. The molecule has 0 fully saturated rings. The molecule has 0 bridgehead atoms. The van der Waals surface area contributed by atoms with Gasteiger partial charge in [-0.15, -0.1) is 0 Å². The van der Waals surface area contributed by atoms with Crippen LogP contribution in [-0.4, -0.2) is 7.85 Å². The molecule has 0 atom stereocenters. The lowest BCUT2D eigenvalue weighted by Gasteiger charge is -2.31. The van der Waals surface area contributed by atoms with Crippen molar-refractivity contribution < 1.29 is 0 Å². The predicted octanol–water partition coefficient (Wildman–Crippen LogP) is 4.92. The van der Waals surface area contributed by atoms with Gasteiger partial charge in [-0.25, -0.2) is 0 Å². The van der Waals surface area contributed by atoms with E-state index in [2.05, 4.69) is 75.4 Å². The van der Waals surface area contributed by atoms with E-state index < -0.39 is 0 Å². The van der Waals surface area contributed by atoms with Crippen molar-refractivity contribution >= 4 is 7.85 Å². The molecule has 0 radical (unpaired) electrons. The Morgan fingerprint density at radius 2 is 1.19 bits per heavy atom. The van der Waals surface area contributed by atoms with Crippen LogP contribution < -0.4 is 0 Å². The lowest BCUT2D eigenvalue weighted by Crippen LogP contribution is -2.28. The molecule has 2 rings (SSSR count). The standard InChI is InChI=1S/C20H27B/c1-2-3-4-5-12-17-20(21,18-13-8-6-9-14-18)19-15-10-7-11-16-19/h6-11,13-16H,2-5,12,17,21H2,1H3. The molecule has 0 saturated carbocycles. The fraction of sp³-hybridized carbons (Fsp3) is 0.400. The smallest absolute Gasteiger partial charge is 0.0654 e. The molecule has 110 valence electrons. The van der Waals surface area contributed by atoms with Crippen molar-refractivity contribution in [2.45, 2.75) is 50.8 Å². The average molecular weight is 278 g/mol. The monoisotopic (exact) mass is 278 g/mol. The minimum Gasteiger partial charge on any atom is -0.0654 e. The van der Waals surface area contributed by atoms with Crippen LogP contribution >= 0.6 is 0 Å². The van der Waals surface area contributed by atoms with Crippen LogP contribution in [0.1, 0.15) is 56.6 Å². The lowest BCUT2D eigenvalue weighted by molar-refractivity contribution is 0.551. The summed E-state index contributed by atoms with van der Waals surface area (Å²) in [7, 11) is 2.40. The molecule has 2 aromatic carbocycles. The van der Waals surface area contributed by atoms with Crippen molar-refractivity contribution in [2.75, 3.05) is 0 Å². The van der Waals surface area contributed by atoms with Crippen molar-refractivity contribution in [1.82, 2.24) is 0 Å². The fourth-order valence-electron chi connectivity index (χ4n) is 3.15. The van der Waals surface area contributed by atoms with Gasteiger partial charge in [0.25, 0.3) is 0 Å². The first-order valence-corrected chi connectivity index (χ1v) is 8.38. The summed E-state index contributed by atoms with van der Waals surface area (Å²) in [5, 5.41) is 0.134. The van der Waals surface area contributed by atoms with E-state index in [1.165, 1.54) is 49.7 Å². The summed E-state index contributed by atoms with van der Waals surface area (Å²) >= 11 is 0. The maximum absolute atomic E-state index is 2.40. The Labute approximate surface area is 131 Å². The molecule has 0 heterocycles. The van der Waals surface area contributed by atoms with E-state index in [0.29, 0.717) is 0 Å². The van der Waals surface area contributed by atoms with E-state index >= 15 is 0 Å². The first-order valence-electron chi connectivity index (χ1n) is 8.38. The summed E-state index contributed by atoms with van der Waals surface area (Å²) in [4.78, 5) is 0. The van der Waals surface area contributed by atoms with Crippen LogP contribution in [0.4, 0.5) is 0 Å².